The van der Waals surface area contributed by atoms with Crippen LogP contribution in [0.3, 0.4) is 0 Å². The molecule has 1 aromatic carbocycles. The first-order chi connectivity index (χ1) is 16.8. The van der Waals surface area contributed by atoms with Crippen LogP contribution in [0, 0.1) is 11.8 Å². The molecule has 0 bridgehead atoms. The second-order valence-electron chi connectivity index (χ2n) is 10.2. The lowest BCUT2D eigenvalue weighted by molar-refractivity contribution is -0.119. The molecule has 8 heteroatoms. The number of likely N-dealkylation sites (N-methyl/N-ethyl adjacent to an activating group) is 1. The Morgan fingerprint density at radius 3 is 2.57 bits per heavy atom. The lowest BCUT2D eigenvalue weighted by Gasteiger charge is -2.38. The second-order valence-corrected chi connectivity index (χ2v) is 10.2. The Kier molecular flexibility index (Phi) is 10.4. The highest BCUT2D eigenvalue weighted by Gasteiger charge is 2.29. The highest BCUT2D eigenvalue weighted by molar-refractivity contribution is 5.98. The van der Waals surface area contributed by atoms with E-state index in [1.807, 2.05) is 0 Å². The lowest BCUT2D eigenvalue weighted by atomic mass is 9.88. The minimum absolute atomic E-state index is 0.0383. The molecule has 196 valence electrons. The van der Waals surface area contributed by atoms with E-state index in [4.69, 9.17) is 14.2 Å². The average Bonchev–Trinajstić information content (AvgIpc) is 2.85. The van der Waals surface area contributed by atoms with Crippen LogP contribution < -0.4 is 10.1 Å². The van der Waals surface area contributed by atoms with Gasteiger partial charge in [-0.2, -0.15) is 0 Å². The quantitative estimate of drug-likeness (QED) is 0.657. The van der Waals surface area contributed by atoms with E-state index in [2.05, 4.69) is 24.1 Å². The molecular weight excluding hydrogens is 446 g/mol. The van der Waals surface area contributed by atoms with Gasteiger partial charge in [-0.1, -0.05) is 26.2 Å². The lowest BCUT2D eigenvalue weighted by Crippen LogP contribution is -2.48. The van der Waals surface area contributed by atoms with Gasteiger partial charge in [0.15, 0.2) is 0 Å². The van der Waals surface area contributed by atoms with Crippen molar-refractivity contribution in [2.24, 2.45) is 11.8 Å². The molecule has 2 amide bonds. The predicted molar refractivity (Wildman–Crippen MR) is 137 cm³/mol. The molecule has 1 saturated carbocycles. The van der Waals surface area contributed by atoms with Gasteiger partial charge in [-0.25, -0.2) is 0 Å². The number of methoxy groups -OCH3 is 2. The van der Waals surface area contributed by atoms with Crippen molar-refractivity contribution in [1.82, 2.24) is 9.80 Å². The van der Waals surface area contributed by atoms with Crippen LogP contribution >= 0.6 is 0 Å². The van der Waals surface area contributed by atoms with Crippen LogP contribution in [0.25, 0.3) is 0 Å². The van der Waals surface area contributed by atoms with Gasteiger partial charge in [0.25, 0.3) is 5.91 Å². The number of carbonyl (C=O) groups excluding carboxylic acids is 2. The predicted octanol–water partition coefficient (Wildman–Crippen LogP) is 3.66. The Labute approximate surface area is 210 Å². The minimum Gasteiger partial charge on any atom is -0.491 e. The molecule has 0 spiro atoms. The highest BCUT2D eigenvalue weighted by Crippen LogP contribution is 2.29. The van der Waals surface area contributed by atoms with Crippen LogP contribution in [0.15, 0.2) is 18.2 Å². The molecule has 1 aromatic rings. The summed E-state index contributed by atoms with van der Waals surface area (Å²) in [5.41, 5.74) is 1.05. The first-order valence-corrected chi connectivity index (χ1v) is 12.9. The van der Waals surface area contributed by atoms with Gasteiger partial charge in [0.2, 0.25) is 5.91 Å². The van der Waals surface area contributed by atoms with E-state index in [0.29, 0.717) is 36.1 Å². The van der Waals surface area contributed by atoms with Crippen LogP contribution in [0.2, 0.25) is 0 Å². The molecule has 0 radical (unpaired) electrons. The van der Waals surface area contributed by atoms with E-state index in [-0.39, 0.29) is 36.5 Å². The molecule has 1 aliphatic carbocycles. The molecular formula is C27H43N3O5. The third-order valence-corrected chi connectivity index (χ3v) is 7.35. The third-order valence-electron chi connectivity index (χ3n) is 7.35. The van der Waals surface area contributed by atoms with Gasteiger partial charge < -0.3 is 24.4 Å². The summed E-state index contributed by atoms with van der Waals surface area (Å²) in [6, 6.07) is 5.35. The zero-order chi connectivity index (χ0) is 25.4. The molecule has 1 fully saturated rings. The van der Waals surface area contributed by atoms with Crippen molar-refractivity contribution >= 4 is 17.5 Å². The fourth-order valence-corrected chi connectivity index (χ4v) is 5.21. The summed E-state index contributed by atoms with van der Waals surface area (Å²) in [5, 5.41) is 2.80. The Bertz CT molecular complexity index is 842. The topological polar surface area (TPSA) is 80.3 Å². The largest absolute Gasteiger partial charge is 0.491 e. The SMILES string of the molecule is COCC(=O)Nc1ccc2c(c1)OC[C@H](C)N(CC1CCCCC1)C[C@@H](C)[C@H](OC)CN(C)C2=O. The molecule has 0 unspecified atom stereocenters. The van der Waals surface area contributed by atoms with Crippen molar-refractivity contribution in [3.8, 4) is 5.75 Å². The van der Waals surface area contributed by atoms with Gasteiger partial charge in [0.05, 0.1) is 11.7 Å². The van der Waals surface area contributed by atoms with Crippen LogP contribution in [0.4, 0.5) is 5.69 Å². The van der Waals surface area contributed by atoms with Crippen molar-refractivity contribution in [3.05, 3.63) is 23.8 Å². The highest BCUT2D eigenvalue weighted by atomic mass is 16.5. The molecule has 1 N–H and O–H groups in total. The number of anilines is 1. The summed E-state index contributed by atoms with van der Waals surface area (Å²) < 4.78 is 17.0. The summed E-state index contributed by atoms with van der Waals surface area (Å²) in [4.78, 5) is 29.6. The van der Waals surface area contributed by atoms with Gasteiger partial charge in [-0.05, 0) is 43.7 Å². The number of fused-ring (bicyclic) bond motifs is 1. The molecule has 3 atom stereocenters. The zero-order valence-electron chi connectivity index (χ0n) is 22.0. The molecule has 0 saturated heterocycles. The fourth-order valence-electron chi connectivity index (χ4n) is 5.21. The van der Waals surface area contributed by atoms with Gasteiger partial charge in [0, 0.05) is 58.7 Å². The molecule has 8 nitrogen and oxygen atoms in total. The average molecular weight is 490 g/mol. The van der Waals surface area contributed by atoms with E-state index >= 15 is 0 Å². The summed E-state index contributed by atoms with van der Waals surface area (Å²) in [7, 11) is 5.00. The molecule has 2 aliphatic rings. The van der Waals surface area contributed by atoms with Crippen molar-refractivity contribution in [2.75, 3.05) is 59.4 Å². The van der Waals surface area contributed by atoms with Crippen LogP contribution in [0.5, 0.6) is 5.75 Å². The van der Waals surface area contributed by atoms with E-state index in [1.165, 1.54) is 39.2 Å². The normalized spacial score (nSPS) is 25.2. The zero-order valence-corrected chi connectivity index (χ0v) is 22.0. The van der Waals surface area contributed by atoms with Gasteiger partial charge in [-0.3, -0.25) is 14.5 Å². The maximum absolute atomic E-state index is 13.3. The summed E-state index contributed by atoms with van der Waals surface area (Å²) >= 11 is 0. The van der Waals surface area contributed by atoms with Crippen molar-refractivity contribution in [1.29, 1.82) is 0 Å². The smallest absolute Gasteiger partial charge is 0.257 e. The second kappa shape index (κ2) is 13.2. The van der Waals surface area contributed by atoms with E-state index < -0.39 is 0 Å². The number of amides is 2. The maximum Gasteiger partial charge on any atom is 0.257 e. The number of rotatable bonds is 6. The first kappa shape index (κ1) is 27.4. The standard InChI is InChI=1S/C27H43N3O5/c1-19-14-30(15-21-9-7-6-8-10-21)20(2)17-35-24-13-22(28-26(31)18-33-4)11-12-23(24)27(32)29(3)16-25(19)34-5/h11-13,19-21,25H,6-10,14-18H2,1-5H3,(H,28,31)/t19-,20+,25-/m1/s1. The van der Waals surface area contributed by atoms with Gasteiger partial charge in [0.1, 0.15) is 19.0 Å². The fraction of sp³-hybridized carbons (Fsp3) is 0.704. The van der Waals surface area contributed by atoms with Crippen LogP contribution in [-0.4, -0.2) is 87.9 Å². The number of carbonyl (C=O) groups is 2. The summed E-state index contributed by atoms with van der Waals surface area (Å²) in [6.45, 7) is 7.26. The molecule has 35 heavy (non-hydrogen) atoms. The maximum atomic E-state index is 13.3. The van der Waals surface area contributed by atoms with Crippen molar-refractivity contribution in [3.63, 3.8) is 0 Å². The number of hydrogen-bond donors (Lipinski definition) is 1. The Balaban J connectivity index is 1.88. The van der Waals surface area contributed by atoms with Gasteiger partial charge >= 0.3 is 0 Å². The first-order valence-electron chi connectivity index (χ1n) is 12.9. The van der Waals surface area contributed by atoms with Crippen LogP contribution in [-0.2, 0) is 14.3 Å². The molecule has 0 aromatic heterocycles. The monoisotopic (exact) mass is 489 g/mol. The minimum atomic E-state index is -0.256. The van der Waals surface area contributed by atoms with E-state index in [1.54, 1.807) is 37.3 Å². The molecule has 1 heterocycles. The van der Waals surface area contributed by atoms with E-state index in [0.717, 1.165) is 13.1 Å². The number of hydrogen-bond acceptors (Lipinski definition) is 6. The number of nitrogens with one attached hydrogen (secondary N) is 1. The summed E-state index contributed by atoms with van der Waals surface area (Å²) in [6.07, 6.45) is 6.49. The Hall–Kier alpha value is -2.16. The number of nitrogens with zero attached hydrogens (tertiary/aromatic N) is 2. The van der Waals surface area contributed by atoms with Gasteiger partial charge in [-0.15, -0.1) is 0 Å². The van der Waals surface area contributed by atoms with Crippen molar-refractivity contribution in [2.45, 2.75) is 58.1 Å². The van der Waals surface area contributed by atoms with Crippen LogP contribution in [0.1, 0.15) is 56.3 Å². The number of benzene rings is 1. The van der Waals surface area contributed by atoms with E-state index in [9.17, 15) is 9.59 Å². The number of ether oxygens (including phenoxy) is 3. The Morgan fingerprint density at radius 2 is 1.89 bits per heavy atom. The summed E-state index contributed by atoms with van der Waals surface area (Å²) in [5.74, 6) is 1.07. The molecule has 1 aliphatic heterocycles. The molecule has 3 rings (SSSR count). The van der Waals surface area contributed by atoms with Crippen molar-refractivity contribution < 1.29 is 23.8 Å². The third kappa shape index (κ3) is 7.66. The Morgan fingerprint density at radius 1 is 1.14 bits per heavy atom.